The molecule has 13 heteroatoms. The van der Waals surface area contributed by atoms with Crippen molar-refractivity contribution in [2.24, 2.45) is 0 Å². The van der Waals surface area contributed by atoms with Crippen LogP contribution in [0.25, 0.3) is 20.9 Å². The number of hydrogen-bond donors (Lipinski definition) is 4. The first-order chi connectivity index (χ1) is 21.0. The predicted molar refractivity (Wildman–Crippen MR) is 169 cm³/mol. The van der Waals surface area contributed by atoms with Crippen molar-refractivity contribution in [3.05, 3.63) is 94.9 Å². The second-order valence-electron chi connectivity index (χ2n) is 11.0. The van der Waals surface area contributed by atoms with Crippen LogP contribution in [-0.2, 0) is 12.0 Å². The van der Waals surface area contributed by atoms with Crippen molar-refractivity contribution in [1.82, 2.24) is 24.5 Å². The van der Waals surface area contributed by atoms with Crippen LogP contribution < -0.4 is 15.4 Å². The Morgan fingerprint density at radius 1 is 1.07 bits per heavy atom. The van der Waals surface area contributed by atoms with Gasteiger partial charge in [-0.1, -0.05) is 61.9 Å². The van der Waals surface area contributed by atoms with Crippen LogP contribution in [0.1, 0.15) is 42.5 Å². The van der Waals surface area contributed by atoms with Crippen molar-refractivity contribution in [3.8, 4) is 22.9 Å². The number of hydrogen-bond acceptors (Lipinski definition) is 7. The lowest BCUT2D eigenvalue weighted by atomic mass is 9.92. The molecule has 6 rings (SSSR count). The van der Waals surface area contributed by atoms with Gasteiger partial charge in [0.1, 0.15) is 23.1 Å². The normalized spacial score (nSPS) is 11.6. The van der Waals surface area contributed by atoms with Gasteiger partial charge in [-0.2, -0.15) is 5.10 Å². The first-order valence-electron chi connectivity index (χ1n) is 13.5. The van der Waals surface area contributed by atoms with E-state index in [1.165, 1.54) is 23.6 Å². The molecule has 0 saturated heterocycles. The lowest BCUT2D eigenvalue weighted by Crippen LogP contribution is -2.29. The molecule has 3 heterocycles. The SMILES string of the molecule is CC(C)(C)c1cc(NC(=O)NCc2ccccc2Oc2ccc3c(c2)sc2ncc(C(=O)O)n23)n(-c2ccc(O)c(Cl)c2)n1. The topological polar surface area (TPSA) is 143 Å². The van der Waals surface area contributed by atoms with Crippen molar-refractivity contribution in [2.45, 2.75) is 32.7 Å². The molecule has 0 aliphatic rings. The molecule has 0 saturated carbocycles. The Balaban J connectivity index is 1.19. The van der Waals surface area contributed by atoms with Crippen LogP contribution in [0.2, 0.25) is 5.02 Å². The molecule has 4 N–H and O–H groups in total. The number of ether oxygens (including phenoxy) is 1. The van der Waals surface area contributed by atoms with Gasteiger partial charge in [0, 0.05) is 29.7 Å². The summed E-state index contributed by atoms with van der Waals surface area (Å²) in [4.78, 5) is 29.5. The lowest BCUT2D eigenvalue weighted by molar-refractivity contribution is 0.0690. The number of carboxylic acids is 1. The number of amides is 2. The van der Waals surface area contributed by atoms with Gasteiger partial charge in [0.2, 0.25) is 0 Å². The maximum atomic E-state index is 13.1. The first kappa shape index (κ1) is 29.0. The number of aromatic carboxylic acids is 1. The number of aromatic nitrogens is 4. The first-order valence-corrected chi connectivity index (χ1v) is 14.7. The number of aromatic hydroxyl groups is 1. The van der Waals surface area contributed by atoms with Crippen LogP contribution in [0, 0.1) is 0 Å². The van der Waals surface area contributed by atoms with E-state index >= 15 is 0 Å². The number of para-hydroxylation sites is 1. The van der Waals surface area contributed by atoms with E-state index in [1.54, 1.807) is 39.4 Å². The number of benzene rings is 3. The van der Waals surface area contributed by atoms with Gasteiger partial charge in [0.05, 0.1) is 32.8 Å². The maximum absolute atomic E-state index is 13.1. The zero-order chi connectivity index (χ0) is 31.2. The van der Waals surface area contributed by atoms with Crippen molar-refractivity contribution in [1.29, 1.82) is 0 Å². The van der Waals surface area contributed by atoms with E-state index in [9.17, 15) is 19.8 Å². The van der Waals surface area contributed by atoms with E-state index in [-0.39, 0.29) is 28.4 Å². The third-order valence-corrected chi connectivity index (χ3v) is 8.18. The number of carbonyl (C=O) groups is 2. The summed E-state index contributed by atoms with van der Waals surface area (Å²) in [5, 5.41) is 29.9. The molecule has 0 atom stereocenters. The second-order valence-corrected chi connectivity index (χ2v) is 12.4. The number of nitrogens with one attached hydrogen (secondary N) is 2. The van der Waals surface area contributed by atoms with Gasteiger partial charge in [-0.3, -0.25) is 9.72 Å². The molecule has 0 bridgehead atoms. The highest BCUT2D eigenvalue weighted by Gasteiger charge is 2.22. The average molecular weight is 631 g/mol. The van der Waals surface area contributed by atoms with Gasteiger partial charge in [-0.15, -0.1) is 0 Å². The summed E-state index contributed by atoms with van der Waals surface area (Å²) in [6.07, 6.45) is 1.34. The number of halogens is 1. The van der Waals surface area contributed by atoms with E-state index in [0.29, 0.717) is 28.0 Å². The Labute approximate surface area is 260 Å². The molecule has 0 fully saturated rings. The molecule has 44 heavy (non-hydrogen) atoms. The average Bonchev–Trinajstić information content (AvgIpc) is 3.67. The summed E-state index contributed by atoms with van der Waals surface area (Å²) >= 11 is 7.51. The summed E-state index contributed by atoms with van der Waals surface area (Å²) < 4.78 is 10.2. The van der Waals surface area contributed by atoms with Crippen LogP contribution in [0.4, 0.5) is 10.6 Å². The number of phenolic OH excluding ortho intramolecular Hbond substituents is 1. The van der Waals surface area contributed by atoms with Crippen LogP contribution >= 0.6 is 22.9 Å². The minimum absolute atomic E-state index is 0.0513. The Morgan fingerprint density at radius 3 is 2.61 bits per heavy atom. The van der Waals surface area contributed by atoms with Crippen molar-refractivity contribution < 1.29 is 24.5 Å². The number of carboxylic acid groups (broad SMARTS) is 1. The van der Waals surface area contributed by atoms with Gasteiger partial charge >= 0.3 is 12.0 Å². The number of phenols is 1. The summed E-state index contributed by atoms with van der Waals surface area (Å²) in [7, 11) is 0. The number of thiazole rings is 1. The number of urea groups is 1. The molecule has 2 amide bonds. The molecular formula is C31H27ClN6O5S. The molecular weight excluding hydrogens is 604 g/mol. The van der Waals surface area contributed by atoms with Crippen LogP contribution in [0.5, 0.6) is 17.2 Å². The fraction of sp³-hybridized carbons (Fsp3) is 0.161. The van der Waals surface area contributed by atoms with Crippen molar-refractivity contribution in [2.75, 3.05) is 5.32 Å². The van der Waals surface area contributed by atoms with E-state index in [1.807, 2.05) is 51.1 Å². The molecule has 0 aliphatic heterocycles. The maximum Gasteiger partial charge on any atom is 0.354 e. The number of anilines is 1. The quantitative estimate of drug-likeness (QED) is 0.146. The van der Waals surface area contributed by atoms with E-state index in [0.717, 1.165) is 21.5 Å². The molecule has 0 radical (unpaired) electrons. The van der Waals surface area contributed by atoms with Gasteiger partial charge in [0.25, 0.3) is 0 Å². The predicted octanol–water partition coefficient (Wildman–Crippen LogP) is 7.20. The van der Waals surface area contributed by atoms with Gasteiger partial charge in [-0.25, -0.2) is 19.3 Å². The summed E-state index contributed by atoms with van der Waals surface area (Å²) in [5.41, 5.74) is 2.61. The molecule has 0 unspecified atom stereocenters. The fourth-order valence-electron chi connectivity index (χ4n) is 4.59. The minimum Gasteiger partial charge on any atom is -0.506 e. The summed E-state index contributed by atoms with van der Waals surface area (Å²) in [5.74, 6) is 0.442. The standard InChI is InChI=1S/C31H27ClN6O5S/c1-31(2,3)26-14-27(38(36-26)18-8-11-23(39)20(32)12-18)35-29(42)33-15-17-6-4-5-7-24(17)43-19-9-10-21-25(13-19)44-30-34-16-22(28(40)41)37(21)30/h4-14,16,39H,15H2,1-3H3,(H,40,41)(H2,33,35,42). The second kappa shape index (κ2) is 11.2. The van der Waals surface area contributed by atoms with Crippen molar-refractivity contribution in [3.63, 3.8) is 0 Å². The van der Waals surface area contributed by atoms with Crippen molar-refractivity contribution >= 4 is 55.9 Å². The Kier molecular flexibility index (Phi) is 7.39. The van der Waals surface area contributed by atoms with Crippen LogP contribution in [-0.4, -0.2) is 41.4 Å². The monoisotopic (exact) mass is 630 g/mol. The third-order valence-electron chi connectivity index (χ3n) is 6.86. The van der Waals surface area contributed by atoms with Crippen LogP contribution in [0.15, 0.2) is 72.9 Å². The molecule has 224 valence electrons. The minimum atomic E-state index is -1.05. The fourth-order valence-corrected chi connectivity index (χ4v) is 5.79. The molecule has 11 nitrogen and oxygen atoms in total. The molecule has 6 aromatic rings. The highest BCUT2D eigenvalue weighted by atomic mass is 35.5. The van der Waals surface area contributed by atoms with E-state index < -0.39 is 12.0 Å². The van der Waals surface area contributed by atoms with Gasteiger partial charge in [0.15, 0.2) is 10.7 Å². The number of nitrogens with zero attached hydrogens (tertiary/aromatic N) is 4. The van der Waals surface area contributed by atoms with Gasteiger partial charge < -0.3 is 20.3 Å². The zero-order valence-electron chi connectivity index (χ0n) is 23.8. The zero-order valence-corrected chi connectivity index (χ0v) is 25.4. The number of fused-ring (bicyclic) bond motifs is 3. The Hall–Kier alpha value is -5.07. The molecule has 0 aliphatic carbocycles. The highest BCUT2D eigenvalue weighted by Crippen LogP contribution is 2.34. The number of imidazole rings is 1. The smallest absolute Gasteiger partial charge is 0.354 e. The Bertz CT molecular complexity index is 2060. The summed E-state index contributed by atoms with van der Waals surface area (Å²) in [6.45, 7) is 6.23. The largest absolute Gasteiger partial charge is 0.506 e. The number of rotatable bonds is 7. The Morgan fingerprint density at radius 2 is 1.86 bits per heavy atom. The summed E-state index contributed by atoms with van der Waals surface area (Å²) in [6, 6.07) is 18.8. The van der Waals surface area contributed by atoms with E-state index in [2.05, 4.69) is 20.7 Å². The third kappa shape index (κ3) is 5.64. The number of carbonyl (C=O) groups excluding carboxylic acids is 1. The van der Waals surface area contributed by atoms with E-state index in [4.69, 9.17) is 16.3 Å². The van der Waals surface area contributed by atoms with Gasteiger partial charge in [-0.05, 0) is 36.4 Å². The van der Waals surface area contributed by atoms with Crippen LogP contribution in [0.3, 0.4) is 0 Å². The molecule has 3 aromatic carbocycles. The highest BCUT2D eigenvalue weighted by molar-refractivity contribution is 7.23. The lowest BCUT2D eigenvalue weighted by Gasteiger charge is -2.14. The molecule has 3 aromatic heterocycles. The molecule has 0 spiro atoms.